The number of nitrogens with zero attached hydrogens (tertiary/aromatic N) is 2. The summed E-state index contributed by atoms with van der Waals surface area (Å²) < 4.78 is 11.1. The Balaban J connectivity index is 1.92. The molecule has 1 aliphatic rings. The van der Waals surface area contributed by atoms with Crippen molar-refractivity contribution >= 4 is 23.1 Å². The quantitative estimate of drug-likeness (QED) is 0.287. The molecule has 1 atom stereocenters. The van der Waals surface area contributed by atoms with Crippen LogP contribution in [0.4, 0.5) is 5.69 Å². The second-order valence-electron chi connectivity index (χ2n) is 8.47. The fourth-order valence-electron chi connectivity index (χ4n) is 4.27. The summed E-state index contributed by atoms with van der Waals surface area (Å²) in [6.07, 6.45) is 1.59. The fourth-order valence-corrected chi connectivity index (χ4v) is 4.27. The van der Waals surface area contributed by atoms with Crippen LogP contribution in [0.1, 0.15) is 49.6 Å². The van der Waals surface area contributed by atoms with Gasteiger partial charge in [0.2, 0.25) is 0 Å². The number of aliphatic hydroxyl groups excluding tert-OH is 1. The SMILES string of the molecule is CCOc1ccc(/C(O)=C2/C(=O)C(=O)N(c3cccc(OC)c3)C2c2ccccn2)cc1C(C)C. The van der Waals surface area contributed by atoms with Crippen molar-refractivity contribution in [2.75, 3.05) is 18.6 Å². The molecule has 1 amide bonds. The van der Waals surface area contributed by atoms with Crippen LogP contribution in [0.5, 0.6) is 11.5 Å². The van der Waals surface area contributed by atoms with Crippen molar-refractivity contribution in [1.82, 2.24) is 4.98 Å². The number of carbonyl (C=O) groups excluding carboxylic acids is 2. The highest BCUT2D eigenvalue weighted by Gasteiger charge is 2.47. The van der Waals surface area contributed by atoms with Crippen molar-refractivity contribution in [1.29, 1.82) is 0 Å². The molecule has 4 rings (SSSR count). The highest BCUT2D eigenvalue weighted by molar-refractivity contribution is 6.51. The van der Waals surface area contributed by atoms with Crippen LogP contribution < -0.4 is 14.4 Å². The highest BCUT2D eigenvalue weighted by Crippen LogP contribution is 2.42. The molecule has 1 aliphatic heterocycles. The number of rotatable bonds is 7. The summed E-state index contributed by atoms with van der Waals surface area (Å²) in [6.45, 7) is 6.47. The number of aliphatic hydroxyl groups is 1. The number of amides is 1. The van der Waals surface area contributed by atoms with Gasteiger partial charge in [-0.2, -0.15) is 0 Å². The molecule has 180 valence electrons. The molecule has 2 aromatic carbocycles. The lowest BCUT2D eigenvalue weighted by Crippen LogP contribution is -2.29. The molecule has 1 unspecified atom stereocenters. The van der Waals surface area contributed by atoms with Crippen LogP contribution in [0.3, 0.4) is 0 Å². The van der Waals surface area contributed by atoms with Gasteiger partial charge in [0.25, 0.3) is 11.7 Å². The summed E-state index contributed by atoms with van der Waals surface area (Å²) in [5.41, 5.74) is 2.24. The van der Waals surface area contributed by atoms with Crippen LogP contribution in [0.25, 0.3) is 5.76 Å². The largest absolute Gasteiger partial charge is 0.507 e. The van der Waals surface area contributed by atoms with E-state index < -0.39 is 17.7 Å². The Morgan fingerprint density at radius 2 is 1.89 bits per heavy atom. The second-order valence-corrected chi connectivity index (χ2v) is 8.47. The van der Waals surface area contributed by atoms with Crippen molar-refractivity contribution in [3.05, 3.63) is 89.3 Å². The molecule has 1 N–H and O–H groups in total. The van der Waals surface area contributed by atoms with Crippen molar-refractivity contribution in [2.45, 2.75) is 32.7 Å². The van der Waals surface area contributed by atoms with E-state index in [0.29, 0.717) is 29.3 Å². The van der Waals surface area contributed by atoms with Gasteiger partial charge in [-0.3, -0.25) is 19.5 Å². The minimum atomic E-state index is -0.905. The third-order valence-corrected chi connectivity index (χ3v) is 5.95. The summed E-state index contributed by atoms with van der Waals surface area (Å²) in [5, 5.41) is 11.4. The van der Waals surface area contributed by atoms with Crippen molar-refractivity contribution < 1.29 is 24.2 Å². The average Bonchev–Trinajstić information content (AvgIpc) is 3.14. The van der Waals surface area contributed by atoms with Crippen molar-refractivity contribution in [2.24, 2.45) is 0 Å². The monoisotopic (exact) mass is 472 g/mol. The van der Waals surface area contributed by atoms with Crippen LogP contribution in [0, 0.1) is 0 Å². The number of hydrogen-bond donors (Lipinski definition) is 1. The summed E-state index contributed by atoms with van der Waals surface area (Å²) in [6, 6.07) is 16.5. The van der Waals surface area contributed by atoms with Crippen LogP contribution >= 0.6 is 0 Å². The summed E-state index contributed by atoms with van der Waals surface area (Å²) >= 11 is 0. The maximum atomic E-state index is 13.3. The van der Waals surface area contributed by atoms with E-state index >= 15 is 0 Å². The number of anilines is 1. The van der Waals surface area contributed by atoms with Gasteiger partial charge in [-0.15, -0.1) is 0 Å². The maximum absolute atomic E-state index is 13.3. The lowest BCUT2D eigenvalue weighted by Gasteiger charge is -2.25. The molecule has 1 saturated heterocycles. The Kier molecular flexibility index (Phi) is 6.87. The van der Waals surface area contributed by atoms with E-state index in [1.54, 1.807) is 66.9 Å². The lowest BCUT2D eigenvalue weighted by molar-refractivity contribution is -0.132. The number of ether oxygens (including phenoxy) is 2. The van der Waals surface area contributed by atoms with Crippen LogP contribution in [-0.2, 0) is 9.59 Å². The minimum absolute atomic E-state index is 0.0182. The Labute approximate surface area is 204 Å². The van der Waals surface area contributed by atoms with Gasteiger partial charge >= 0.3 is 0 Å². The normalized spacial score (nSPS) is 17.2. The van der Waals surface area contributed by atoms with E-state index in [1.807, 2.05) is 20.8 Å². The van der Waals surface area contributed by atoms with Crippen molar-refractivity contribution in [3.63, 3.8) is 0 Å². The first-order chi connectivity index (χ1) is 16.9. The predicted octanol–water partition coefficient (Wildman–Crippen LogP) is 5.24. The molecule has 0 radical (unpaired) electrons. The topological polar surface area (TPSA) is 89.0 Å². The zero-order valence-corrected chi connectivity index (χ0v) is 20.2. The van der Waals surface area contributed by atoms with Gasteiger partial charge < -0.3 is 14.6 Å². The molecular formula is C28H28N2O5. The number of benzene rings is 2. The first-order valence-corrected chi connectivity index (χ1v) is 11.5. The van der Waals surface area contributed by atoms with Gasteiger partial charge in [-0.1, -0.05) is 26.0 Å². The second kappa shape index (κ2) is 10.0. The molecule has 0 bridgehead atoms. The molecule has 1 fully saturated rings. The number of ketones is 1. The molecule has 0 spiro atoms. The number of methoxy groups -OCH3 is 1. The molecule has 7 heteroatoms. The standard InChI is InChI=1S/C28H28N2O5/c1-5-35-23-13-12-18(15-21(23)17(2)3)26(31)24-25(22-11-6-7-14-29-22)30(28(33)27(24)32)19-9-8-10-20(16-19)34-4/h6-17,25,31H,5H2,1-4H3/b26-24-. The number of pyridine rings is 1. The molecule has 3 aromatic rings. The Morgan fingerprint density at radius 3 is 2.54 bits per heavy atom. The number of carbonyl (C=O) groups is 2. The zero-order chi connectivity index (χ0) is 25.1. The molecular weight excluding hydrogens is 444 g/mol. The summed E-state index contributed by atoms with van der Waals surface area (Å²) in [5.74, 6) is -0.398. The van der Waals surface area contributed by atoms with E-state index in [2.05, 4.69) is 4.98 Å². The third-order valence-electron chi connectivity index (χ3n) is 5.95. The summed E-state index contributed by atoms with van der Waals surface area (Å²) in [4.78, 5) is 32.4. The average molecular weight is 473 g/mol. The fraction of sp³-hybridized carbons (Fsp3) is 0.250. The molecule has 7 nitrogen and oxygen atoms in total. The minimum Gasteiger partial charge on any atom is -0.507 e. The van der Waals surface area contributed by atoms with Gasteiger partial charge in [-0.25, -0.2) is 0 Å². The molecule has 0 aliphatic carbocycles. The lowest BCUT2D eigenvalue weighted by atomic mass is 9.94. The van der Waals surface area contributed by atoms with E-state index in [1.165, 1.54) is 12.0 Å². The molecule has 0 saturated carbocycles. The predicted molar refractivity (Wildman–Crippen MR) is 134 cm³/mol. The number of aromatic nitrogens is 1. The van der Waals surface area contributed by atoms with Gasteiger partial charge in [-0.05, 0) is 60.9 Å². The first kappa shape index (κ1) is 24.0. The Hall–Kier alpha value is -4.13. The van der Waals surface area contributed by atoms with E-state index in [9.17, 15) is 14.7 Å². The first-order valence-electron chi connectivity index (χ1n) is 11.5. The maximum Gasteiger partial charge on any atom is 0.300 e. The smallest absolute Gasteiger partial charge is 0.300 e. The molecule has 35 heavy (non-hydrogen) atoms. The van der Waals surface area contributed by atoms with Gasteiger partial charge in [0.15, 0.2) is 0 Å². The number of hydrogen-bond acceptors (Lipinski definition) is 6. The van der Waals surface area contributed by atoms with Crippen LogP contribution in [-0.4, -0.2) is 35.5 Å². The Morgan fingerprint density at radius 1 is 1.09 bits per heavy atom. The number of Topliss-reactive ketones (excluding diaryl/α,β-unsaturated/α-hetero) is 1. The third kappa shape index (κ3) is 4.49. The van der Waals surface area contributed by atoms with E-state index in [0.717, 1.165) is 11.3 Å². The van der Waals surface area contributed by atoms with E-state index in [4.69, 9.17) is 9.47 Å². The van der Waals surface area contributed by atoms with Crippen molar-refractivity contribution in [3.8, 4) is 11.5 Å². The van der Waals surface area contributed by atoms with Gasteiger partial charge in [0.1, 0.15) is 23.3 Å². The van der Waals surface area contributed by atoms with Crippen LogP contribution in [0.15, 0.2) is 72.4 Å². The molecule has 2 heterocycles. The molecule has 1 aromatic heterocycles. The van der Waals surface area contributed by atoms with E-state index in [-0.39, 0.29) is 17.3 Å². The van der Waals surface area contributed by atoms with Crippen LogP contribution in [0.2, 0.25) is 0 Å². The zero-order valence-electron chi connectivity index (χ0n) is 20.2. The Bertz CT molecular complexity index is 1280. The van der Waals surface area contributed by atoms with Gasteiger partial charge in [0, 0.05) is 23.5 Å². The highest BCUT2D eigenvalue weighted by atomic mass is 16.5. The summed E-state index contributed by atoms with van der Waals surface area (Å²) in [7, 11) is 1.53. The van der Waals surface area contributed by atoms with Gasteiger partial charge in [0.05, 0.1) is 25.0 Å².